The number of nitrogens with two attached hydrogens (primary N) is 1. The zero-order chi connectivity index (χ0) is 11.1. The van der Waals surface area contributed by atoms with Crippen molar-refractivity contribution in [2.45, 2.75) is 45.8 Å². The fourth-order valence-corrected chi connectivity index (χ4v) is 1.40. The zero-order valence-corrected chi connectivity index (χ0v) is 9.29. The van der Waals surface area contributed by atoms with Gasteiger partial charge in [-0.15, -0.1) is 0 Å². The number of rotatable bonds is 7. The first kappa shape index (κ1) is 13.4. The third-order valence-corrected chi connectivity index (χ3v) is 2.65. The summed E-state index contributed by atoms with van der Waals surface area (Å²) in [4.78, 5) is 10.7. The Morgan fingerprint density at radius 3 is 2.29 bits per heavy atom. The fourth-order valence-electron chi connectivity index (χ4n) is 1.40. The van der Waals surface area contributed by atoms with Crippen LogP contribution in [0.4, 0.5) is 0 Å². The van der Waals surface area contributed by atoms with Crippen LogP contribution >= 0.6 is 0 Å². The van der Waals surface area contributed by atoms with Crippen molar-refractivity contribution in [2.75, 3.05) is 6.54 Å². The van der Waals surface area contributed by atoms with Crippen LogP contribution < -0.4 is 11.1 Å². The van der Waals surface area contributed by atoms with Crippen molar-refractivity contribution in [3.63, 3.8) is 0 Å². The van der Waals surface area contributed by atoms with E-state index in [-0.39, 0.29) is 11.9 Å². The molecule has 0 aliphatic heterocycles. The van der Waals surface area contributed by atoms with E-state index in [1.807, 2.05) is 0 Å². The van der Waals surface area contributed by atoms with E-state index in [0.29, 0.717) is 12.5 Å². The molecule has 84 valence electrons. The molecule has 0 saturated carbocycles. The molecule has 1 amide bonds. The Morgan fingerprint density at radius 1 is 1.43 bits per heavy atom. The van der Waals surface area contributed by atoms with Crippen LogP contribution in [-0.2, 0) is 4.79 Å². The van der Waals surface area contributed by atoms with E-state index >= 15 is 0 Å². The lowest BCUT2D eigenvalue weighted by atomic mass is 9.96. The molecule has 14 heavy (non-hydrogen) atoms. The summed E-state index contributed by atoms with van der Waals surface area (Å²) in [6, 6.07) is -0.376. The number of primary amides is 1. The SMILES string of the molecule is CCC(CC)C(O)CNC(C)C(N)=O. The van der Waals surface area contributed by atoms with Crippen molar-refractivity contribution < 1.29 is 9.90 Å². The van der Waals surface area contributed by atoms with Gasteiger partial charge in [0.2, 0.25) is 5.91 Å². The third kappa shape index (κ3) is 4.58. The highest BCUT2D eigenvalue weighted by Crippen LogP contribution is 2.12. The molecule has 0 heterocycles. The van der Waals surface area contributed by atoms with Gasteiger partial charge in [-0.05, 0) is 12.8 Å². The molecule has 0 saturated heterocycles. The van der Waals surface area contributed by atoms with Gasteiger partial charge in [0.15, 0.2) is 0 Å². The molecule has 0 aliphatic rings. The standard InChI is InChI=1S/C10H22N2O2/c1-4-8(5-2)9(13)6-12-7(3)10(11)14/h7-9,12-13H,4-6H2,1-3H3,(H2,11,14). The first-order chi connectivity index (χ1) is 6.52. The quantitative estimate of drug-likeness (QED) is 0.554. The van der Waals surface area contributed by atoms with Gasteiger partial charge in [-0.25, -0.2) is 0 Å². The summed E-state index contributed by atoms with van der Waals surface area (Å²) < 4.78 is 0. The highest BCUT2D eigenvalue weighted by molar-refractivity contribution is 5.79. The smallest absolute Gasteiger partial charge is 0.234 e. The van der Waals surface area contributed by atoms with Crippen LogP contribution in [0.15, 0.2) is 0 Å². The monoisotopic (exact) mass is 202 g/mol. The summed E-state index contributed by atoms with van der Waals surface area (Å²) in [5.74, 6) is -0.0932. The lowest BCUT2D eigenvalue weighted by molar-refractivity contribution is -0.119. The molecule has 0 aliphatic carbocycles. The highest BCUT2D eigenvalue weighted by atomic mass is 16.3. The number of hydrogen-bond acceptors (Lipinski definition) is 3. The zero-order valence-electron chi connectivity index (χ0n) is 9.29. The summed E-state index contributed by atoms with van der Waals surface area (Å²) >= 11 is 0. The van der Waals surface area contributed by atoms with Crippen molar-refractivity contribution in [3.05, 3.63) is 0 Å². The minimum absolute atomic E-state index is 0.294. The Labute approximate surface area is 85.9 Å². The molecule has 4 heteroatoms. The summed E-state index contributed by atoms with van der Waals surface area (Å²) in [6.45, 7) is 6.22. The van der Waals surface area contributed by atoms with Crippen molar-refractivity contribution in [2.24, 2.45) is 11.7 Å². The summed E-state index contributed by atoms with van der Waals surface area (Å²) in [5.41, 5.74) is 5.08. The summed E-state index contributed by atoms with van der Waals surface area (Å²) in [5, 5.41) is 12.6. The molecule has 2 unspecified atom stereocenters. The van der Waals surface area contributed by atoms with Crippen LogP contribution in [0.25, 0.3) is 0 Å². The van der Waals surface area contributed by atoms with E-state index in [1.54, 1.807) is 6.92 Å². The van der Waals surface area contributed by atoms with Gasteiger partial charge < -0.3 is 16.2 Å². The molecule has 0 radical (unpaired) electrons. The maximum Gasteiger partial charge on any atom is 0.234 e. The molecule has 0 rings (SSSR count). The van der Waals surface area contributed by atoms with Crippen LogP contribution in [0.3, 0.4) is 0 Å². The van der Waals surface area contributed by atoms with E-state index in [2.05, 4.69) is 19.2 Å². The second-order valence-corrected chi connectivity index (χ2v) is 3.68. The molecule has 4 nitrogen and oxygen atoms in total. The van der Waals surface area contributed by atoms with Gasteiger partial charge in [-0.1, -0.05) is 26.7 Å². The molecular weight excluding hydrogens is 180 g/mol. The van der Waals surface area contributed by atoms with Crippen LogP contribution in [0.1, 0.15) is 33.6 Å². The van der Waals surface area contributed by atoms with Gasteiger partial charge in [0.05, 0.1) is 12.1 Å². The normalized spacial score (nSPS) is 15.5. The van der Waals surface area contributed by atoms with Crippen LogP contribution in [-0.4, -0.2) is 29.7 Å². The number of carbonyl (C=O) groups is 1. The summed E-state index contributed by atoms with van der Waals surface area (Å²) in [7, 11) is 0. The predicted octanol–water partition coefficient (Wildman–Crippen LogP) is 0.247. The van der Waals surface area contributed by atoms with Gasteiger partial charge >= 0.3 is 0 Å². The molecule has 0 fully saturated rings. The lowest BCUT2D eigenvalue weighted by Crippen LogP contribution is -2.43. The average molecular weight is 202 g/mol. The number of aliphatic hydroxyl groups excluding tert-OH is 1. The van der Waals surface area contributed by atoms with Crippen molar-refractivity contribution in [3.8, 4) is 0 Å². The molecule has 0 bridgehead atoms. The molecule has 0 aromatic heterocycles. The van der Waals surface area contributed by atoms with Gasteiger partial charge in [0, 0.05) is 6.54 Å². The van der Waals surface area contributed by atoms with Crippen LogP contribution in [0.2, 0.25) is 0 Å². The van der Waals surface area contributed by atoms with Crippen molar-refractivity contribution >= 4 is 5.91 Å². The first-order valence-corrected chi connectivity index (χ1v) is 5.23. The van der Waals surface area contributed by atoms with Gasteiger partial charge in [0.1, 0.15) is 0 Å². The minimum Gasteiger partial charge on any atom is -0.392 e. The first-order valence-electron chi connectivity index (χ1n) is 5.23. The second-order valence-electron chi connectivity index (χ2n) is 3.68. The van der Waals surface area contributed by atoms with Crippen LogP contribution in [0.5, 0.6) is 0 Å². The Balaban J connectivity index is 3.82. The molecule has 0 spiro atoms. The molecule has 0 aromatic rings. The Morgan fingerprint density at radius 2 is 1.93 bits per heavy atom. The molecule has 0 aromatic carbocycles. The fraction of sp³-hybridized carbons (Fsp3) is 0.900. The molecular formula is C10H22N2O2. The number of amides is 1. The Bertz CT molecular complexity index is 170. The minimum atomic E-state index is -0.396. The molecule has 4 N–H and O–H groups in total. The molecule has 2 atom stereocenters. The van der Waals surface area contributed by atoms with E-state index in [9.17, 15) is 9.90 Å². The Kier molecular flexibility index (Phi) is 6.49. The predicted molar refractivity (Wildman–Crippen MR) is 56.7 cm³/mol. The number of carbonyl (C=O) groups excluding carboxylic acids is 1. The topological polar surface area (TPSA) is 75.3 Å². The van der Waals surface area contributed by atoms with Crippen molar-refractivity contribution in [1.82, 2.24) is 5.32 Å². The second kappa shape index (κ2) is 6.79. The third-order valence-electron chi connectivity index (χ3n) is 2.65. The van der Waals surface area contributed by atoms with Crippen LogP contribution in [0, 0.1) is 5.92 Å². The van der Waals surface area contributed by atoms with Gasteiger partial charge in [-0.2, -0.15) is 0 Å². The average Bonchev–Trinajstić information content (AvgIpc) is 2.15. The van der Waals surface area contributed by atoms with Crippen molar-refractivity contribution in [1.29, 1.82) is 0 Å². The number of hydrogen-bond donors (Lipinski definition) is 3. The number of aliphatic hydroxyl groups is 1. The Hall–Kier alpha value is -0.610. The maximum absolute atomic E-state index is 10.7. The van der Waals surface area contributed by atoms with Gasteiger partial charge in [0.25, 0.3) is 0 Å². The largest absolute Gasteiger partial charge is 0.392 e. The maximum atomic E-state index is 10.7. The van der Waals surface area contributed by atoms with E-state index in [4.69, 9.17) is 5.73 Å². The number of nitrogens with one attached hydrogen (secondary N) is 1. The lowest BCUT2D eigenvalue weighted by Gasteiger charge is -2.21. The van der Waals surface area contributed by atoms with Gasteiger partial charge in [-0.3, -0.25) is 4.79 Å². The van der Waals surface area contributed by atoms with E-state index < -0.39 is 6.10 Å². The summed E-state index contributed by atoms with van der Waals surface area (Å²) in [6.07, 6.45) is 1.50. The van der Waals surface area contributed by atoms with E-state index in [0.717, 1.165) is 12.8 Å². The highest BCUT2D eigenvalue weighted by Gasteiger charge is 2.17. The van der Waals surface area contributed by atoms with E-state index in [1.165, 1.54) is 0 Å².